The van der Waals surface area contributed by atoms with Crippen LogP contribution < -0.4 is 5.73 Å². The topological polar surface area (TPSA) is 65.2 Å². The summed E-state index contributed by atoms with van der Waals surface area (Å²) in [6.45, 7) is 0. The van der Waals surface area contributed by atoms with Gasteiger partial charge in [-0.1, -0.05) is 0 Å². The van der Waals surface area contributed by atoms with E-state index in [0.717, 1.165) is 10.1 Å². The highest BCUT2D eigenvalue weighted by molar-refractivity contribution is 7.13. The van der Waals surface area contributed by atoms with Crippen molar-refractivity contribution < 1.29 is 9.53 Å². The largest absolute Gasteiger partial charge is 0.465 e. The first kappa shape index (κ1) is 8.96. The van der Waals surface area contributed by atoms with Gasteiger partial charge in [-0.05, 0) is 29.7 Å². The van der Waals surface area contributed by atoms with Crippen LogP contribution in [-0.2, 0) is 4.74 Å². The van der Waals surface area contributed by atoms with Crippen LogP contribution in [0, 0.1) is 0 Å². The van der Waals surface area contributed by atoms with Crippen molar-refractivity contribution in [1.82, 2.24) is 4.37 Å². The van der Waals surface area contributed by atoms with E-state index in [2.05, 4.69) is 9.11 Å². The Morgan fingerprint density at radius 1 is 1.57 bits per heavy atom. The van der Waals surface area contributed by atoms with E-state index in [-0.39, 0.29) is 5.97 Å². The predicted molar refractivity (Wildman–Crippen MR) is 55.4 cm³/mol. The Morgan fingerprint density at radius 2 is 2.36 bits per heavy atom. The van der Waals surface area contributed by atoms with Crippen LogP contribution in [0.2, 0.25) is 0 Å². The molecule has 0 unspecified atom stereocenters. The number of benzene rings is 1. The van der Waals surface area contributed by atoms with E-state index in [9.17, 15) is 4.79 Å². The molecule has 0 bridgehead atoms. The van der Waals surface area contributed by atoms with Gasteiger partial charge in [0.25, 0.3) is 0 Å². The summed E-state index contributed by atoms with van der Waals surface area (Å²) >= 11 is 1.31. The highest BCUT2D eigenvalue weighted by Crippen LogP contribution is 2.25. The molecule has 1 aromatic carbocycles. The maximum Gasteiger partial charge on any atom is 0.337 e. The van der Waals surface area contributed by atoms with Gasteiger partial charge >= 0.3 is 5.97 Å². The van der Waals surface area contributed by atoms with Gasteiger partial charge in [-0.3, -0.25) is 0 Å². The molecule has 2 aromatic rings. The summed E-state index contributed by atoms with van der Waals surface area (Å²) in [6, 6.07) is 5.21. The molecule has 72 valence electrons. The summed E-state index contributed by atoms with van der Waals surface area (Å²) < 4.78 is 9.56. The van der Waals surface area contributed by atoms with Crippen LogP contribution in [0.4, 0.5) is 5.82 Å². The Hall–Kier alpha value is -1.62. The molecule has 0 aliphatic carbocycles. The molecule has 0 radical (unpaired) electrons. The van der Waals surface area contributed by atoms with E-state index in [0.29, 0.717) is 11.4 Å². The second-order valence-electron chi connectivity index (χ2n) is 2.77. The first-order chi connectivity index (χ1) is 6.72. The van der Waals surface area contributed by atoms with Crippen molar-refractivity contribution in [3.8, 4) is 0 Å². The number of carbonyl (C=O) groups excluding carboxylic acids is 1. The SMILES string of the molecule is COC(=O)c1ccc2snc(N)c2c1. The molecule has 0 amide bonds. The molecule has 14 heavy (non-hydrogen) atoms. The van der Waals surface area contributed by atoms with Gasteiger partial charge in [0.05, 0.1) is 17.4 Å². The molecule has 0 fully saturated rings. The fourth-order valence-corrected chi connectivity index (χ4v) is 1.89. The van der Waals surface area contributed by atoms with E-state index < -0.39 is 0 Å². The van der Waals surface area contributed by atoms with Crippen molar-refractivity contribution >= 4 is 33.4 Å². The Kier molecular flexibility index (Phi) is 2.09. The van der Waals surface area contributed by atoms with E-state index in [4.69, 9.17) is 5.73 Å². The van der Waals surface area contributed by atoms with Crippen LogP contribution in [0.1, 0.15) is 10.4 Å². The quantitative estimate of drug-likeness (QED) is 0.724. The second kappa shape index (κ2) is 3.26. The number of nitrogens with two attached hydrogens (primary N) is 1. The van der Waals surface area contributed by atoms with E-state index in [1.54, 1.807) is 12.1 Å². The monoisotopic (exact) mass is 208 g/mol. The normalized spacial score (nSPS) is 10.4. The van der Waals surface area contributed by atoms with E-state index in [1.807, 2.05) is 6.07 Å². The molecule has 0 aliphatic rings. The number of ether oxygens (including phenoxy) is 1. The Morgan fingerprint density at radius 3 is 3.07 bits per heavy atom. The first-order valence-corrected chi connectivity index (χ1v) is 4.73. The van der Waals surface area contributed by atoms with Gasteiger partial charge in [-0.2, -0.15) is 4.37 Å². The number of anilines is 1. The summed E-state index contributed by atoms with van der Waals surface area (Å²) in [7, 11) is 1.35. The number of fused-ring (bicyclic) bond motifs is 1. The van der Waals surface area contributed by atoms with Crippen LogP contribution in [0.15, 0.2) is 18.2 Å². The summed E-state index contributed by atoms with van der Waals surface area (Å²) in [5.41, 5.74) is 6.13. The summed E-state index contributed by atoms with van der Waals surface area (Å²) in [6.07, 6.45) is 0. The Bertz CT molecular complexity index is 493. The molecule has 1 heterocycles. The van der Waals surface area contributed by atoms with Gasteiger partial charge in [0.1, 0.15) is 5.82 Å². The van der Waals surface area contributed by atoms with Crippen molar-refractivity contribution in [1.29, 1.82) is 0 Å². The van der Waals surface area contributed by atoms with Gasteiger partial charge in [0.2, 0.25) is 0 Å². The van der Waals surface area contributed by atoms with E-state index in [1.165, 1.54) is 18.6 Å². The minimum Gasteiger partial charge on any atom is -0.465 e. The molecule has 0 atom stereocenters. The van der Waals surface area contributed by atoms with Gasteiger partial charge in [0, 0.05) is 5.39 Å². The zero-order chi connectivity index (χ0) is 10.1. The van der Waals surface area contributed by atoms with Crippen LogP contribution in [-0.4, -0.2) is 17.5 Å². The summed E-state index contributed by atoms with van der Waals surface area (Å²) in [5, 5.41) is 0.804. The number of rotatable bonds is 1. The Balaban J connectivity index is 2.60. The highest BCUT2D eigenvalue weighted by atomic mass is 32.1. The van der Waals surface area contributed by atoms with Crippen molar-refractivity contribution in [2.75, 3.05) is 12.8 Å². The molecule has 1 aromatic heterocycles. The molecule has 0 saturated heterocycles. The Labute approximate surface area is 84.5 Å². The lowest BCUT2D eigenvalue weighted by atomic mass is 10.2. The summed E-state index contributed by atoms with van der Waals surface area (Å²) in [5.74, 6) is 0.0910. The van der Waals surface area contributed by atoms with Gasteiger partial charge in [0.15, 0.2) is 0 Å². The molecule has 2 rings (SSSR count). The molecular formula is C9H8N2O2S. The van der Waals surface area contributed by atoms with Gasteiger partial charge in [-0.15, -0.1) is 0 Å². The zero-order valence-corrected chi connectivity index (χ0v) is 8.30. The first-order valence-electron chi connectivity index (χ1n) is 3.95. The second-order valence-corrected chi connectivity index (χ2v) is 3.58. The smallest absolute Gasteiger partial charge is 0.337 e. The average Bonchev–Trinajstić information content (AvgIpc) is 2.59. The van der Waals surface area contributed by atoms with Crippen LogP contribution in [0.25, 0.3) is 10.1 Å². The van der Waals surface area contributed by atoms with E-state index >= 15 is 0 Å². The van der Waals surface area contributed by atoms with Crippen LogP contribution in [0.5, 0.6) is 0 Å². The molecule has 0 saturated carbocycles. The fraction of sp³-hybridized carbons (Fsp3) is 0.111. The van der Waals surface area contributed by atoms with Gasteiger partial charge in [-0.25, -0.2) is 4.79 Å². The number of nitrogen functional groups attached to an aromatic ring is 1. The van der Waals surface area contributed by atoms with Crippen molar-refractivity contribution in [3.63, 3.8) is 0 Å². The molecule has 2 N–H and O–H groups in total. The predicted octanol–water partition coefficient (Wildman–Crippen LogP) is 1.67. The number of hydrogen-bond donors (Lipinski definition) is 1. The molecule has 5 heteroatoms. The minimum absolute atomic E-state index is 0.363. The number of carbonyl (C=O) groups is 1. The third kappa shape index (κ3) is 1.31. The van der Waals surface area contributed by atoms with Crippen LogP contribution >= 0.6 is 11.5 Å². The number of hydrogen-bond acceptors (Lipinski definition) is 5. The third-order valence-electron chi connectivity index (χ3n) is 1.92. The van der Waals surface area contributed by atoms with Crippen LogP contribution in [0.3, 0.4) is 0 Å². The standard InChI is InChI=1S/C9H8N2O2S/c1-13-9(12)5-2-3-7-6(4-5)8(10)11-14-7/h2-4H,1H3,(H2,10,11). The number of nitrogens with zero attached hydrogens (tertiary/aromatic N) is 1. The lowest BCUT2D eigenvalue weighted by molar-refractivity contribution is 0.0601. The number of esters is 1. The molecule has 4 nitrogen and oxygen atoms in total. The zero-order valence-electron chi connectivity index (χ0n) is 7.48. The maximum absolute atomic E-state index is 11.2. The lowest BCUT2D eigenvalue weighted by Crippen LogP contribution is -2.00. The molecule has 0 aliphatic heterocycles. The number of aromatic nitrogens is 1. The lowest BCUT2D eigenvalue weighted by Gasteiger charge is -1.98. The van der Waals surface area contributed by atoms with Crippen molar-refractivity contribution in [3.05, 3.63) is 23.8 Å². The maximum atomic E-state index is 11.2. The van der Waals surface area contributed by atoms with Crippen molar-refractivity contribution in [2.24, 2.45) is 0 Å². The van der Waals surface area contributed by atoms with Crippen molar-refractivity contribution in [2.45, 2.75) is 0 Å². The third-order valence-corrected chi connectivity index (χ3v) is 2.76. The molecule has 0 spiro atoms. The summed E-state index contributed by atoms with van der Waals surface area (Å²) in [4.78, 5) is 11.2. The average molecular weight is 208 g/mol. The van der Waals surface area contributed by atoms with Gasteiger partial charge < -0.3 is 10.5 Å². The minimum atomic E-state index is -0.363. The molecular weight excluding hydrogens is 200 g/mol. The highest BCUT2D eigenvalue weighted by Gasteiger charge is 2.08. The fourth-order valence-electron chi connectivity index (χ4n) is 1.20. The number of methoxy groups -OCH3 is 1.